The van der Waals surface area contributed by atoms with E-state index in [-0.39, 0.29) is 5.92 Å². The molecule has 1 heterocycles. The van der Waals surface area contributed by atoms with Crippen LogP contribution >= 0.6 is 11.3 Å². The van der Waals surface area contributed by atoms with E-state index in [4.69, 9.17) is 5.11 Å². The summed E-state index contributed by atoms with van der Waals surface area (Å²) < 4.78 is 0. The Balaban J connectivity index is 2.44. The van der Waals surface area contributed by atoms with Crippen molar-refractivity contribution in [2.75, 3.05) is 13.6 Å². The Morgan fingerprint density at radius 1 is 1.56 bits per heavy atom. The van der Waals surface area contributed by atoms with Crippen molar-refractivity contribution in [3.8, 4) is 0 Å². The van der Waals surface area contributed by atoms with Crippen molar-refractivity contribution >= 4 is 23.3 Å². The van der Waals surface area contributed by atoms with E-state index in [1.165, 1.54) is 25.3 Å². The van der Waals surface area contributed by atoms with Gasteiger partial charge in [-0.3, -0.25) is 0 Å². The third kappa shape index (κ3) is 3.69. The number of carbonyl (C=O) groups excluding carboxylic acids is 1. The van der Waals surface area contributed by atoms with Crippen molar-refractivity contribution in [2.45, 2.75) is 25.8 Å². The van der Waals surface area contributed by atoms with Crippen LogP contribution in [0.4, 0.5) is 4.79 Å². The minimum Gasteiger partial charge on any atom is -0.480 e. The fourth-order valence-corrected chi connectivity index (χ4v) is 1.97. The number of nitrogens with zero attached hydrogens (tertiary/aromatic N) is 2. The molecule has 1 aromatic heterocycles. The molecule has 2 atom stereocenters. The second kappa shape index (κ2) is 6.34. The van der Waals surface area contributed by atoms with Crippen LogP contribution in [0.25, 0.3) is 0 Å². The van der Waals surface area contributed by atoms with E-state index >= 15 is 0 Å². The molecule has 0 fully saturated rings. The van der Waals surface area contributed by atoms with Crippen molar-refractivity contribution in [3.63, 3.8) is 0 Å². The summed E-state index contributed by atoms with van der Waals surface area (Å²) in [6.45, 7) is 3.86. The monoisotopic (exact) mass is 271 g/mol. The number of aliphatic carboxylic acids is 1. The summed E-state index contributed by atoms with van der Waals surface area (Å²) in [5, 5.41) is 14.3. The molecule has 0 aliphatic carbocycles. The number of rotatable bonds is 5. The molecule has 0 saturated heterocycles. The predicted molar refractivity (Wildman–Crippen MR) is 68.8 cm³/mol. The van der Waals surface area contributed by atoms with E-state index in [2.05, 4.69) is 10.3 Å². The van der Waals surface area contributed by atoms with E-state index < -0.39 is 18.0 Å². The van der Waals surface area contributed by atoms with Crippen molar-refractivity contribution in [2.24, 2.45) is 0 Å². The van der Waals surface area contributed by atoms with E-state index in [0.717, 1.165) is 9.91 Å². The first-order valence-corrected chi connectivity index (χ1v) is 6.44. The van der Waals surface area contributed by atoms with E-state index in [1.807, 2.05) is 12.3 Å². The first kappa shape index (κ1) is 14.4. The summed E-state index contributed by atoms with van der Waals surface area (Å²) in [5.41, 5.74) is 0. The first-order valence-electron chi connectivity index (χ1n) is 5.56. The normalized spacial score (nSPS) is 13.7. The van der Waals surface area contributed by atoms with Gasteiger partial charge in [-0.1, -0.05) is 6.92 Å². The standard InChI is InChI=1S/C11H17N3O3S/c1-7(9-12-4-5-18-9)6-13-11(17)14(3)8(2)10(15)16/h4-5,7-8H,6H2,1-3H3,(H,13,17)(H,15,16). The van der Waals surface area contributed by atoms with E-state index in [9.17, 15) is 9.59 Å². The number of thiazole rings is 1. The Morgan fingerprint density at radius 3 is 2.72 bits per heavy atom. The number of carboxylic acid groups (broad SMARTS) is 1. The van der Waals surface area contributed by atoms with Crippen LogP contribution in [-0.4, -0.2) is 46.6 Å². The Bertz CT molecular complexity index is 408. The second-order valence-electron chi connectivity index (χ2n) is 4.08. The zero-order valence-electron chi connectivity index (χ0n) is 10.6. The molecule has 2 unspecified atom stereocenters. The van der Waals surface area contributed by atoms with Crippen LogP contribution in [0, 0.1) is 0 Å². The van der Waals surface area contributed by atoms with Gasteiger partial charge < -0.3 is 15.3 Å². The molecular weight excluding hydrogens is 254 g/mol. The maximum absolute atomic E-state index is 11.7. The number of carboxylic acids is 1. The van der Waals surface area contributed by atoms with Gasteiger partial charge in [0.25, 0.3) is 0 Å². The summed E-state index contributed by atoms with van der Waals surface area (Å²) >= 11 is 1.53. The van der Waals surface area contributed by atoms with Gasteiger partial charge in [0, 0.05) is 31.1 Å². The summed E-state index contributed by atoms with van der Waals surface area (Å²) in [7, 11) is 1.46. The lowest BCUT2D eigenvalue weighted by Gasteiger charge is -2.22. The van der Waals surface area contributed by atoms with Crippen molar-refractivity contribution < 1.29 is 14.7 Å². The Hall–Kier alpha value is -1.63. The largest absolute Gasteiger partial charge is 0.480 e. The molecule has 0 aromatic carbocycles. The number of aromatic nitrogens is 1. The molecule has 1 aromatic rings. The predicted octanol–water partition coefficient (Wildman–Crippen LogP) is 1.36. The highest BCUT2D eigenvalue weighted by Gasteiger charge is 2.21. The Morgan fingerprint density at radius 2 is 2.22 bits per heavy atom. The average Bonchev–Trinajstić information content (AvgIpc) is 2.87. The van der Waals surface area contributed by atoms with Crippen LogP contribution in [0.15, 0.2) is 11.6 Å². The van der Waals surface area contributed by atoms with Crippen LogP contribution < -0.4 is 5.32 Å². The van der Waals surface area contributed by atoms with Crippen LogP contribution in [0.3, 0.4) is 0 Å². The maximum atomic E-state index is 11.7. The highest BCUT2D eigenvalue weighted by atomic mass is 32.1. The molecule has 100 valence electrons. The fourth-order valence-electron chi connectivity index (χ4n) is 1.27. The zero-order chi connectivity index (χ0) is 13.7. The molecule has 0 bridgehead atoms. The van der Waals surface area contributed by atoms with Gasteiger partial charge >= 0.3 is 12.0 Å². The van der Waals surface area contributed by atoms with Gasteiger partial charge in [0.1, 0.15) is 6.04 Å². The van der Waals surface area contributed by atoms with Crippen molar-refractivity contribution in [1.82, 2.24) is 15.2 Å². The van der Waals surface area contributed by atoms with Gasteiger partial charge in [0.15, 0.2) is 0 Å². The van der Waals surface area contributed by atoms with Crippen LogP contribution in [0.5, 0.6) is 0 Å². The smallest absolute Gasteiger partial charge is 0.326 e. The van der Waals surface area contributed by atoms with E-state index in [0.29, 0.717) is 6.54 Å². The third-order valence-corrected chi connectivity index (χ3v) is 3.70. The highest BCUT2D eigenvalue weighted by Crippen LogP contribution is 2.16. The molecule has 18 heavy (non-hydrogen) atoms. The zero-order valence-corrected chi connectivity index (χ0v) is 11.4. The van der Waals surface area contributed by atoms with Crippen LogP contribution in [0.1, 0.15) is 24.8 Å². The lowest BCUT2D eigenvalue weighted by atomic mass is 10.2. The lowest BCUT2D eigenvalue weighted by Crippen LogP contribution is -2.46. The molecule has 0 aliphatic heterocycles. The summed E-state index contributed by atoms with van der Waals surface area (Å²) in [6.07, 6.45) is 1.72. The van der Waals surface area contributed by atoms with Gasteiger partial charge in [-0.25, -0.2) is 14.6 Å². The Kier molecular flexibility index (Phi) is 5.08. The maximum Gasteiger partial charge on any atom is 0.326 e. The van der Waals surface area contributed by atoms with Gasteiger partial charge in [-0.2, -0.15) is 0 Å². The molecule has 0 spiro atoms. The Labute approximate surface area is 110 Å². The topological polar surface area (TPSA) is 82.5 Å². The lowest BCUT2D eigenvalue weighted by molar-refractivity contribution is -0.141. The van der Waals surface area contributed by atoms with Gasteiger partial charge in [0.2, 0.25) is 0 Å². The summed E-state index contributed by atoms with van der Waals surface area (Å²) in [6, 6.07) is -1.24. The number of amides is 2. The number of hydrogen-bond donors (Lipinski definition) is 2. The fraction of sp³-hybridized carbons (Fsp3) is 0.545. The molecule has 2 N–H and O–H groups in total. The molecule has 2 amide bonds. The molecule has 0 saturated carbocycles. The molecule has 6 nitrogen and oxygen atoms in total. The number of carbonyl (C=O) groups is 2. The van der Waals surface area contributed by atoms with Gasteiger partial charge in [-0.05, 0) is 6.92 Å². The number of hydrogen-bond acceptors (Lipinski definition) is 4. The second-order valence-corrected chi connectivity index (χ2v) is 5.01. The van der Waals surface area contributed by atoms with E-state index in [1.54, 1.807) is 6.20 Å². The van der Waals surface area contributed by atoms with Crippen LogP contribution in [0.2, 0.25) is 0 Å². The third-order valence-electron chi connectivity index (χ3n) is 2.69. The quantitative estimate of drug-likeness (QED) is 0.847. The average molecular weight is 271 g/mol. The molecule has 1 rings (SSSR count). The number of nitrogens with one attached hydrogen (secondary N) is 1. The van der Waals surface area contributed by atoms with Crippen molar-refractivity contribution in [1.29, 1.82) is 0 Å². The summed E-state index contributed by atoms with van der Waals surface area (Å²) in [5.74, 6) is -0.914. The molecule has 0 aliphatic rings. The molecule has 0 radical (unpaired) electrons. The summed E-state index contributed by atoms with van der Waals surface area (Å²) in [4.78, 5) is 27.8. The number of urea groups is 1. The van der Waals surface area contributed by atoms with Gasteiger partial charge in [0.05, 0.1) is 5.01 Å². The highest BCUT2D eigenvalue weighted by molar-refractivity contribution is 7.09. The first-order chi connectivity index (χ1) is 8.43. The molecular formula is C11H17N3O3S. The minimum absolute atomic E-state index is 0.113. The minimum atomic E-state index is -1.03. The molecule has 7 heteroatoms. The van der Waals surface area contributed by atoms with Crippen molar-refractivity contribution in [3.05, 3.63) is 16.6 Å². The SMILES string of the molecule is CC(CNC(=O)N(C)C(C)C(=O)O)c1nccs1. The van der Waals surface area contributed by atoms with Gasteiger partial charge in [-0.15, -0.1) is 11.3 Å². The van der Waals surface area contributed by atoms with Crippen LogP contribution in [-0.2, 0) is 4.79 Å². The number of likely N-dealkylation sites (N-methyl/N-ethyl adjacent to an activating group) is 1.